The van der Waals surface area contributed by atoms with Crippen LogP contribution in [0.1, 0.15) is 35.9 Å². The summed E-state index contributed by atoms with van der Waals surface area (Å²) in [7, 11) is 0. The molecular weight excluding hydrogens is 267 g/mol. The minimum atomic E-state index is -0.462. The van der Waals surface area contributed by atoms with Gasteiger partial charge in [-0.25, -0.2) is 4.39 Å². The third-order valence-electron chi connectivity index (χ3n) is 2.84. The molecular formula is C14H14ClFN2O. The molecule has 0 aliphatic heterocycles. The number of carbonyl (C=O) groups is 1. The van der Waals surface area contributed by atoms with E-state index in [2.05, 4.69) is 5.10 Å². The minimum absolute atomic E-state index is 0.0656. The minimum Gasteiger partial charge on any atom is -0.292 e. The Labute approximate surface area is 116 Å². The summed E-state index contributed by atoms with van der Waals surface area (Å²) in [5, 5.41) is 4.36. The van der Waals surface area contributed by atoms with Crippen molar-refractivity contribution in [2.45, 2.75) is 26.3 Å². The number of ketones is 1. The van der Waals surface area contributed by atoms with Gasteiger partial charge in [-0.15, -0.1) is 0 Å². The molecule has 3 nitrogen and oxygen atoms in total. The topological polar surface area (TPSA) is 34.9 Å². The van der Waals surface area contributed by atoms with Gasteiger partial charge in [-0.1, -0.05) is 17.7 Å². The predicted molar refractivity (Wildman–Crippen MR) is 72.1 cm³/mol. The summed E-state index contributed by atoms with van der Waals surface area (Å²) in [4.78, 5) is 12.2. The van der Waals surface area contributed by atoms with Crippen LogP contribution >= 0.6 is 11.6 Å². The van der Waals surface area contributed by atoms with E-state index in [9.17, 15) is 9.18 Å². The Morgan fingerprint density at radius 3 is 2.79 bits per heavy atom. The first kappa shape index (κ1) is 13.7. The molecule has 19 heavy (non-hydrogen) atoms. The zero-order valence-electron chi connectivity index (χ0n) is 10.7. The van der Waals surface area contributed by atoms with Crippen LogP contribution in [0.2, 0.25) is 5.02 Å². The number of nitrogens with zero attached hydrogens (tertiary/aromatic N) is 2. The molecule has 0 saturated carbocycles. The highest BCUT2D eigenvalue weighted by atomic mass is 35.5. The molecule has 1 aromatic heterocycles. The number of halogens is 2. The van der Waals surface area contributed by atoms with Gasteiger partial charge in [0.1, 0.15) is 11.5 Å². The van der Waals surface area contributed by atoms with Gasteiger partial charge in [-0.05, 0) is 32.0 Å². The standard InChI is InChI=1S/C14H14ClFN2O/c1-9(2)18-13(6-7-17-18)14(19)8-10-11(15)4-3-5-12(10)16/h3-7,9H,8H2,1-2H3. The number of hydrogen-bond donors (Lipinski definition) is 0. The molecule has 0 saturated heterocycles. The molecule has 1 aromatic carbocycles. The zero-order chi connectivity index (χ0) is 14.0. The van der Waals surface area contributed by atoms with Crippen molar-refractivity contribution in [3.63, 3.8) is 0 Å². The molecule has 0 bridgehead atoms. The van der Waals surface area contributed by atoms with Crippen LogP contribution in [0.5, 0.6) is 0 Å². The van der Waals surface area contributed by atoms with E-state index in [1.54, 1.807) is 23.0 Å². The Morgan fingerprint density at radius 1 is 1.42 bits per heavy atom. The molecule has 0 spiro atoms. The molecule has 0 atom stereocenters. The lowest BCUT2D eigenvalue weighted by Gasteiger charge is -2.10. The summed E-state index contributed by atoms with van der Waals surface area (Å²) in [6.45, 7) is 3.86. The molecule has 0 N–H and O–H groups in total. The van der Waals surface area contributed by atoms with E-state index in [-0.39, 0.29) is 28.8 Å². The fourth-order valence-corrected chi connectivity index (χ4v) is 2.13. The molecule has 0 aliphatic rings. The largest absolute Gasteiger partial charge is 0.292 e. The third kappa shape index (κ3) is 2.84. The second-order valence-electron chi connectivity index (χ2n) is 4.55. The quantitative estimate of drug-likeness (QED) is 0.801. The van der Waals surface area contributed by atoms with Crippen LogP contribution in [0.4, 0.5) is 4.39 Å². The first-order valence-corrected chi connectivity index (χ1v) is 6.38. The smallest absolute Gasteiger partial charge is 0.185 e. The number of carbonyl (C=O) groups excluding carboxylic acids is 1. The Bertz CT molecular complexity index is 587. The predicted octanol–water partition coefficient (Wildman–Crippen LogP) is 3.68. The maximum atomic E-state index is 13.7. The zero-order valence-corrected chi connectivity index (χ0v) is 11.5. The Morgan fingerprint density at radius 2 is 2.16 bits per heavy atom. The van der Waals surface area contributed by atoms with E-state index in [0.29, 0.717) is 5.69 Å². The van der Waals surface area contributed by atoms with Crippen LogP contribution < -0.4 is 0 Å². The molecule has 0 fully saturated rings. The molecule has 2 rings (SSSR count). The van der Waals surface area contributed by atoms with Crippen molar-refractivity contribution in [2.75, 3.05) is 0 Å². The van der Waals surface area contributed by atoms with Gasteiger partial charge < -0.3 is 0 Å². The Hall–Kier alpha value is -1.68. The summed E-state index contributed by atoms with van der Waals surface area (Å²) >= 11 is 5.92. The van der Waals surface area contributed by atoms with E-state index in [1.807, 2.05) is 13.8 Å². The first-order chi connectivity index (χ1) is 9.00. The van der Waals surface area contributed by atoms with E-state index in [1.165, 1.54) is 12.1 Å². The van der Waals surface area contributed by atoms with Crippen molar-refractivity contribution in [2.24, 2.45) is 0 Å². The summed E-state index contributed by atoms with van der Waals surface area (Å²) in [5.74, 6) is -0.658. The van der Waals surface area contributed by atoms with E-state index >= 15 is 0 Å². The highest BCUT2D eigenvalue weighted by Crippen LogP contribution is 2.21. The average molecular weight is 281 g/mol. The highest BCUT2D eigenvalue weighted by molar-refractivity contribution is 6.31. The summed E-state index contributed by atoms with van der Waals surface area (Å²) in [6, 6.07) is 6.10. The molecule has 0 unspecified atom stereocenters. The van der Waals surface area contributed by atoms with Crippen molar-refractivity contribution < 1.29 is 9.18 Å². The normalized spacial score (nSPS) is 11.0. The Balaban J connectivity index is 2.29. The van der Waals surface area contributed by atoms with Crippen LogP contribution in [0.15, 0.2) is 30.5 Å². The molecule has 2 aromatic rings. The lowest BCUT2D eigenvalue weighted by molar-refractivity contribution is 0.0979. The maximum absolute atomic E-state index is 13.7. The second-order valence-corrected chi connectivity index (χ2v) is 4.96. The molecule has 0 radical (unpaired) electrons. The summed E-state index contributed by atoms with van der Waals surface area (Å²) in [5.41, 5.74) is 0.694. The molecule has 0 amide bonds. The van der Waals surface area contributed by atoms with Crippen LogP contribution in [0.25, 0.3) is 0 Å². The number of hydrogen-bond acceptors (Lipinski definition) is 2. The lowest BCUT2D eigenvalue weighted by atomic mass is 10.1. The van der Waals surface area contributed by atoms with Crippen LogP contribution in [0, 0.1) is 5.82 Å². The fraction of sp³-hybridized carbons (Fsp3) is 0.286. The van der Waals surface area contributed by atoms with Crippen molar-refractivity contribution in [3.8, 4) is 0 Å². The summed E-state index contributed by atoms with van der Waals surface area (Å²) in [6.07, 6.45) is 1.50. The van der Waals surface area contributed by atoms with Gasteiger partial charge in [-0.3, -0.25) is 9.48 Å². The third-order valence-corrected chi connectivity index (χ3v) is 3.20. The molecule has 1 heterocycles. The number of benzene rings is 1. The SMILES string of the molecule is CC(C)n1nccc1C(=O)Cc1c(F)cccc1Cl. The maximum Gasteiger partial charge on any atom is 0.185 e. The van der Waals surface area contributed by atoms with Gasteiger partial charge in [-0.2, -0.15) is 5.10 Å². The fourth-order valence-electron chi connectivity index (χ4n) is 1.90. The van der Waals surface area contributed by atoms with Crippen LogP contribution in [0.3, 0.4) is 0 Å². The number of rotatable bonds is 4. The summed E-state index contributed by atoms with van der Waals surface area (Å²) < 4.78 is 15.3. The van der Waals surface area contributed by atoms with Gasteiger partial charge in [0.25, 0.3) is 0 Å². The van der Waals surface area contributed by atoms with Crippen LogP contribution in [-0.4, -0.2) is 15.6 Å². The van der Waals surface area contributed by atoms with Gasteiger partial charge >= 0.3 is 0 Å². The number of aromatic nitrogens is 2. The molecule has 100 valence electrons. The average Bonchev–Trinajstić information content (AvgIpc) is 2.83. The highest BCUT2D eigenvalue weighted by Gasteiger charge is 2.17. The van der Waals surface area contributed by atoms with E-state index < -0.39 is 5.82 Å². The van der Waals surface area contributed by atoms with Gasteiger partial charge in [0, 0.05) is 29.2 Å². The Kier molecular flexibility index (Phi) is 4.00. The van der Waals surface area contributed by atoms with Gasteiger partial charge in [0.2, 0.25) is 0 Å². The van der Waals surface area contributed by atoms with E-state index in [4.69, 9.17) is 11.6 Å². The second kappa shape index (κ2) is 5.53. The monoisotopic (exact) mass is 280 g/mol. The van der Waals surface area contributed by atoms with Gasteiger partial charge in [0.15, 0.2) is 5.78 Å². The van der Waals surface area contributed by atoms with Crippen molar-refractivity contribution >= 4 is 17.4 Å². The van der Waals surface area contributed by atoms with Crippen molar-refractivity contribution in [1.29, 1.82) is 0 Å². The van der Waals surface area contributed by atoms with Gasteiger partial charge in [0.05, 0.1) is 0 Å². The van der Waals surface area contributed by atoms with Crippen molar-refractivity contribution in [1.82, 2.24) is 9.78 Å². The van der Waals surface area contributed by atoms with E-state index in [0.717, 1.165) is 0 Å². The lowest BCUT2D eigenvalue weighted by Crippen LogP contribution is -2.15. The number of Topliss-reactive ketones (excluding diaryl/α,β-unsaturated/α-hetero) is 1. The van der Waals surface area contributed by atoms with Crippen molar-refractivity contribution in [3.05, 3.63) is 52.6 Å². The first-order valence-electron chi connectivity index (χ1n) is 6.00. The molecule has 5 heteroatoms. The van der Waals surface area contributed by atoms with Crippen LogP contribution in [-0.2, 0) is 6.42 Å². The molecule has 0 aliphatic carbocycles.